The first-order chi connectivity index (χ1) is 7.48. The molecule has 84 valence electrons. The molecule has 0 amide bonds. The third-order valence-corrected chi connectivity index (χ3v) is 3.48. The van der Waals surface area contributed by atoms with E-state index in [0.717, 1.165) is 0 Å². The molecule has 16 heavy (non-hydrogen) atoms. The molecular weight excluding hydrogens is 232 g/mol. The zero-order valence-electron chi connectivity index (χ0n) is 8.16. The van der Waals surface area contributed by atoms with E-state index in [9.17, 15) is 18.5 Å². The van der Waals surface area contributed by atoms with Crippen LogP contribution in [0.15, 0.2) is 28.7 Å². The number of benzene rings is 1. The van der Waals surface area contributed by atoms with Crippen molar-refractivity contribution in [1.82, 2.24) is 0 Å². The van der Waals surface area contributed by atoms with Crippen molar-refractivity contribution < 1.29 is 13.3 Å². The molecule has 0 saturated heterocycles. The van der Waals surface area contributed by atoms with Gasteiger partial charge in [0.25, 0.3) is 15.7 Å². The fraction of sp³-hybridized carbons (Fsp3) is 0.222. The Hall–Kier alpha value is -1.76. The molecule has 1 aliphatic rings. The van der Waals surface area contributed by atoms with Gasteiger partial charge in [-0.25, -0.2) is 8.42 Å². The highest BCUT2D eigenvalue weighted by Crippen LogP contribution is 2.18. The first kappa shape index (κ1) is 10.7. The van der Waals surface area contributed by atoms with Crippen molar-refractivity contribution in [3.8, 4) is 0 Å². The van der Waals surface area contributed by atoms with Crippen LogP contribution in [0.3, 0.4) is 0 Å². The van der Waals surface area contributed by atoms with E-state index in [1.165, 1.54) is 24.3 Å². The van der Waals surface area contributed by atoms with E-state index in [0.29, 0.717) is 17.7 Å². The number of rotatable bonds is 2. The summed E-state index contributed by atoms with van der Waals surface area (Å²) in [5.41, 5.74) is 1.06. The third kappa shape index (κ3) is 2.08. The van der Waals surface area contributed by atoms with Gasteiger partial charge in [-0.05, 0) is 17.7 Å². The standard InChI is InChI=1S/C9H8N2O4S/c12-11(13)8-3-1-7(2-4-8)9-5-6-16(14,15)10-9/h1-4H,5-6H2. The molecule has 0 aliphatic carbocycles. The van der Waals surface area contributed by atoms with Crippen molar-refractivity contribution in [2.45, 2.75) is 6.42 Å². The van der Waals surface area contributed by atoms with Gasteiger partial charge in [-0.3, -0.25) is 10.1 Å². The molecule has 0 atom stereocenters. The number of sulfonamides is 1. The van der Waals surface area contributed by atoms with Gasteiger partial charge < -0.3 is 0 Å². The van der Waals surface area contributed by atoms with Gasteiger partial charge in [-0.1, -0.05) is 0 Å². The van der Waals surface area contributed by atoms with Crippen molar-refractivity contribution >= 4 is 21.4 Å². The highest BCUT2D eigenvalue weighted by Gasteiger charge is 2.21. The van der Waals surface area contributed by atoms with Crippen LogP contribution in [0.1, 0.15) is 12.0 Å². The van der Waals surface area contributed by atoms with Crippen LogP contribution in [0.5, 0.6) is 0 Å². The van der Waals surface area contributed by atoms with Crippen molar-refractivity contribution in [2.75, 3.05) is 5.75 Å². The maximum absolute atomic E-state index is 11.1. The Morgan fingerprint density at radius 2 is 1.88 bits per heavy atom. The second-order valence-electron chi connectivity index (χ2n) is 3.38. The van der Waals surface area contributed by atoms with Gasteiger partial charge in [0.15, 0.2) is 0 Å². The van der Waals surface area contributed by atoms with Gasteiger partial charge in [-0.15, -0.1) is 0 Å². The minimum atomic E-state index is -3.32. The lowest BCUT2D eigenvalue weighted by Crippen LogP contribution is -1.97. The average molecular weight is 240 g/mol. The van der Waals surface area contributed by atoms with Crippen LogP contribution in [0.4, 0.5) is 5.69 Å². The SMILES string of the molecule is O=[N+]([O-])c1ccc(C2=NS(=O)(=O)CC2)cc1. The summed E-state index contributed by atoms with van der Waals surface area (Å²) in [5, 5.41) is 10.4. The lowest BCUT2D eigenvalue weighted by Gasteiger charge is -1.97. The summed E-state index contributed by atoms with van der Waals surface area (Å²) in [5.74, 6) is 0.0132. The number of nitrogens with zero attached hydrogens (tertiary/aromatic N) is 2. The molecule has 1 aromatic rings. The molecule has 0 aromatic heterocycles. The lowest BCUT2D eigenvalue weighted by atomic mass is 10.1. The molecule has 0 N–H and O–H groups in total. The molecular formula is C9H8N2O4S. The fourth-order valence-corrected chi connectivity index (χ4v) is 2.53. The zero-order valence-corrected chi connectivity index (χ0v) is 8.98. The molecule has 0 fully saturated rings. The van der Waals surface area contributed by atoms with Gasteiger partial charge in [0.05, 0.1) is 16.4 Å². The summed E-state index contributed by atoms with van der Waals surface area (Å²) in [4.78, 5) is 9.91. The van der Waals surface area contributed by atoms with E-state index in [2.05, 4.69) is 4.40 Å². The van der Waals surface area contributed by atoms with Crippen LogP contribution in [0, 0.1) is 10.1 Å². The summed E-state index contributed by atoms with van der Waals surface area (Å²) < 4.78 is 25.8. The molecule has 0 saturated carbocycles. The normalized spacial score (nSPS) is 18.1. The number of hydrogen-bond acceptors (Lipinski definition) is 4. The van der Waals surface area contributed by atoms with E-state index < -0.39 is 14.9 Å². The summed E-state index contributed by atoms with van der Waals surface area (Å²) in [6, 6.07) is 5.70. The molecule has 0 radical (unpaired) electrons. The second kappa shape index (κ2) is 3.67. The summed E-state index contributed by atoms with van der Waals surface area (Å²) in [7, 11) is -3.32. The number of hydrogen-bond donors (Lipinski definition) is 0. The van der Waals surface area contributed by atoms with Crippen molar-refractivity contribution in [3.63, 3.8) is 0 Å². The summed E-state index contributed by atoms with van der Waals surface area (Å²) in [6.45, 7) is 0. The van der Waals surface area contributed by atoms with E-state index >= 15 is 0 Å². The molecule has 0 unspecified atom stereocenters. The number of nitro groups is 1. The smallest absolute Gasteiger partial charge is 0.258 e. The molecule has 2 rings (SSSR count). The Bertz CT molecular complexity index is 560. The minimum absolute atomic E-state index is 0.0132. The Balaban J connectivity index is 2.34. The average Bonchev–Trinajstić information content (AvgIpc) is 2.59. The lowest BCUT2D eigenvalue weighted by molar-refractivity contribution is -0.384. The summed E-state index contributed by atoms with van der Waals surface area (Å²) in [6.07, 6.45) is 0.361. The highest BCUT2D eigenvalue weighted by atomic mass is 32.2. The highest BCUT2D eigenvalue weighted by molar-refractivity contribution is 7.90. The Kier molecular flexibility index (Phi) is 2.47. The Morgan fingerprint density at radius 1 is 1.25 bits per heavy atom. The van der Waals surface area contributed by atoms with Gasteiger partial charge in [0.2, 0.25) is 0 Å². The first-order valence-corrected chi connectivity index (χ1v) is 6.15. The van der Waals surface area contributed by atoms with E-state index in [4.69, 9.17) is 0 Å². The molecule has 0 bridgehead atoms. The van der Waals surface area contributed by atoms with Gasteiger partial charge in [-0.2, -0.15) is 4.40 Å². The number of non-ortho nitro benzene ring substituents is 1. The first-order valence-electron chi connectivity index (χ1n) is 4.54. The van der Waals surface area contributed by atoms with Crippen LogP contribution >= 0.6 is 0 Å². The largest absolute Gasteiger partial charge is 0.269 e. The topological polar surface area (TPSA) is 89.6 Å². The van der Waals surface area contributed by atoms with E-state index in [1.807, 2.05) is 0 Å². The maximum atomic E-state index is 11.1. The van der Waals surface area contributed by atoms with Crippen LogP contribution in [-0.2, 0) is 10.0 Å². The van der Waals surface area contributed by atoms with Gasteiger partial charge >= 0.3 is 0 Å². The molecule has 1 aromatic carbocycles. The Morgan fingerprint density at radius 3 is 2.31 bits per heavy atom. The van der Waals surface area contributed by atoms with Crippen LogP contribution in [0.2, 0.25) is 0 Å². The van der Waals surface area contributed by atoms with Gasteiger partial charge in [0, 0.05) is 18.6 Å². The Labute approximate surface area is 91.8 Å². The van der Waals surface area contributed by atoms with Crippen LogP contribution in [0.25, 0.3) is 0 Å². The van der Waals surface area contributed by atoms with E-state index in [1.54, 1.807) is 0 Å². The number of nitro benzene ring substituents is 1. The molecule has 1 heterocycles. The predicted octanol–water partition coefficient (Wildman–Crippen LogP) is 1.12. The quantitative estimate of drug-likeness (QED) is 0.572. The molecule has 1 aliphatic heterocycles. The van der Waals surface area contributed by atoms with Crippen LogP contribution in [-0.4, -0.2) is 24.8 Å². The van der Waals surface area contributed by atoms with Crippen LogP contribution < -0.4 is 0 Å². The second-order valence-corrected chi connectivity index (χ2v) is 5.13. The minimum Gasteiger partial charge on any atom is -0.258 e. The van der Waals surface area contributed by atoms with E-state index in [-0.39, 0.29) is 11.4 Å². The molecule has 0 spiro atoms. The summed E-state index contributed by atoms with van der Waals surface area (Å²) >= 11 is 0. The van der Waals surface area contributed by atoms with Crippen molar-refractivity contribution in [2.24, 2.45) is 4.40 Å². The van der Waals surface area contributed by atoms with Crippen molar-refractivity contribution in [1.29, 1.82) is 0 Å². The molecule has 6 nitrogen and oxygen atoms in total. The zero-order chi connectivity index (χ0) is 11.8. The molecule has 7 heteroatoms. The van der Waals surface area contributed by atoms with Crippen molar-refractivity contribution in [3.05, 3.63) is 39.9 Å². The monoisotopic (exact) mass is 240 g/mol. The maximum Gasteiger partial charge on any atom is 0.269 e. The van der Waals surface area contributed by atoms with Gasteiger partial charge in [0.1, 0.15) is 0 Å². The third-order valence-electron chi connectivity index (χ3n) is 2.26. The fourth-order valence-electron chi connectivity index (χ4n) is 1.46. The predicted molar refractivity (Wildman–Crippen MR) is 58.0 cm³/mol.